The second-order valence-electron chi connectivity index (χ2n) is 6.52. The number of rotatable bonds is 8. The van der Waals surface area contributed by atoms with Gasteiger partial charge in [0.2, 0.25) is 0 Å². The highest BCUT2D eigenvalue weighted by atomic mass is 16.5. The Morgan fingerprint density at radius 3 is 2.46 bits per heavy atom. The van der Waals surface area contributed by atoms with E-state index in [1.807, 2.05) is 31.2 Å². The van der Waals surface area contributed by atoms with Crippen molar-refractivity contribution in [2.24, 2.45) is 5.92 Å². The average molecular weight is 334 g/mol. The molecule has 1 saturated heterocycles. The summed E-state index contributed by atoms with van der Waals surface area (Å²) in [6.45, 7) is 5.02. The van der Waals surface area contributed by atoms with Crippen molar-refractivity contribution >= 4 is 5.91 Å². The molecule has 0 saturated carbocycles. The van der Waals surface area contributed by atoms with E-state index >= 15 is 0 Å². The van der Waals surface area contributed by atoms with Crippen LogP contribution in [0.1, 0.15) is 32.6 Å². The van der Waals surface area contributed by atoms with E-state index in [1.165, 1.54) is 12.8 Å². The molecule has 24 heavy (non-hydrogen) atoms. The Labute approximate surface area is 145 Å². The topological polar surface area (TPSA) is 50.8 Å². The van der Waals surface area contributed by atoms with Gasteiger partial charge in [-0.25, -0.2) is 0 Å². The van der Waals surface area contributed by atoms with Crippen molar-refractivity contribution in [2.75, 3.05) is 33.8 Å². The fourth-order valence-corrected chi connectivity index (χ4v) is 3.00. The molecule has 1 aromatic rings. The maximum atomic E-state index is 12.3. The summed E-state index contributed by atoms with van der Waals surface area (Å²) < 4.78 is 10.9. The number of carbonyl (C=O) groups is 1. The Kier molecular flexibility index (Phi) is 7.37. The Morgan fingerprint density at radius 1 is 1.25 bits per heavy atom. The fourth-order valence-electron chi connectivity index (χ4n) is 3.00. The van der Waals surface area contributed by atoms with E-state index in [0.29, 0.717) is 12.2 Å². The Bertz CT molecular complexity index is 496. The van der Waals surface area contributed by atoms with Crippen LogP contribution in [0.3, 0.4) is 0 Å². The number of hydrogen-bond acceptors (Lipinski definition) is 4. The first-order valence-corrected chi connectivity index (χ1v) is 8.89. The van der Waals surface area contributed by atoms with Crippen molar-refractivity contribution < 1.29 is 14.3 Å². The van der Waals surface area contributed by atoms with Crippen molar-refractivity contribution in [1.82, 2.24) is 10.2 Å². The Balaban J connectivity index is 1.74. The zero-order valence-electron chi connectivity index (χ0n) is 15.1. The maximum Gasteiger partial charge on any atom is 0.261 e. The molecule has 1 aromatic carbocycles. The zero-order chi connectivity index (χ0) is 17.4. The van der Waals surface area contributed by atoms with Crippen LogP contribution in [0.4, 0.5) is 0 Å². The summed E-state index contributed by atoms with van der Waals surface area (Å²) in [4.78, 5) is 14.7. The van der Waals surface area contributed by atoms with Crippen LogP contribution in [0, 0.1) is 5.92 Å². The molecule has 5 heteroatoms. The summed E-state index contributed by atoms with van der Waals surface area (Å²) in [7, 11) is 3.79. The van der Waals surface area contributed by atoms with Crippen LogP contribution >= 0.6 is 0 Å². The van der Waals surface area contributed by atoms with Crippen molar-refractivity contribution in [3.8, 4) is 11.5 Å². The number of hydrogen-bond donors (Lipinski definition) is 1. The summed E-state index contributed by atoms with van der Waals surface area (Å²) in [5.74, 6) is 2.16. The molecule has 0 bridgehead atoms. The number of benzene rings is 1. The molecule has 0 radical (unpaired) electrons. The van der Waals surface area contributed by atoms with E-state index in [-0.39, 0.29) is 5.91 Å². The third-order valence-electron chi connectivity index (χ3n) is 4.69. The van der Waals surface area contributed by atoms with Gasteiger partial charge < -0.3 is 19.7 Å². The number of carbonyl (C=O) groups excluding carboxylic acids is 1. The fraction of sp³-hybridized carbons (Fsp3) is 0.632. The molecule has 1 atom stereocenters. The lowest BCUT2D eigenvalue weighted by atomic mass is 9.94. The van der Waals surface area contributed by atoms with Crippen molar-refractivity contribution in [2.45, 2.75) is 38.7 Å². The number of nitrogens with zero attached hydrogens (tertiary/aromatic N) is 1. The molecular formula is C19H30N2O3. The number of ether oxygens (including phenoxy) is 2. The molecule has 1 amide bonds. The van der Waals surface area contributed by atoms with Gasteiger partial charge in [0.05, 0.1) is 7.11 Å². The summed E-state index contributed by atoms with van der Waals surface area (Å²) in [6, 6.07) is 7.32. The lowest BCUT2D eigenvalue weighted by Gasteiger charge is -2.29. The minimum absolute atomic E-state index is 0.0266. The molecular weight excluding hydrogens is 304 g/mol. The van der Waals surface area contributed by atoms with Crippen molar-refractivity contribution in [1.29, 1.82) is 0 Å². The first kappa shape index (κ1) is 18.6. The highest BCUT2D eigenvalue weighted by molar-refractivity contribution is 5.81. The van der Waals surface area contributed by atoms with Crippen LogP contribution in [0.2, 0.25) is 0 Å². The highest BCUT2D eigenvalue weighted by Gasteiger charge is 2.20. The summed E-state index contributed by atoms with van der Waals surface area (Å²) >= 11 is 0. The molecule has 0 aliphatic carbocycles. The maximum absolute atomic E-state index is 12.3. The van der Waals surface area contributed by atoms with Gasteiger partial charge in [0.15, 0.2) is 6.10 Å². The van der Waals surface area contributed by atoms with Crippen LogP contribution in [0.15, 0.2) is 24.3 Å². The first-order chi connectivity index (χ1) is 11.6. The lowest BCUT2D eigenvalue weighted by molar-refractivity contribution is -0.128. The van der Waals surface area contributed by atoms with E-state index in [4.69, 9.17) is 9.47 Å². The van der Waals surface area contributed by atoms with Gasteiger partial charge in [-0.3, -0.25) is 4.79 Å². The van der Waals surface area contributed by atoms with Gasteiger partial charge in [0, 0.05) is 6.54 Å². The Hall–Kier alpha value is -1.75. The number of nitrogens with one attached hydrogen (secondary N) is 1. The first-order valence-electron chi connectivity index (χ1n) is 8.89. The second kappa shape index (κ2) is 9.52. The largest absolute Gasteiger partial charge is 0.497 e. The van der Waals surface area contributed by atoms with E-state index < -0.39 is 6.10 Å². The van der Waals surface area contributed by atoms with Gasteiger partial charge in [-0.2, -0.15) is 0 Å². The normalized spacial score (nSPS) is 17.3. The number of methoxy groups -OCH3 is 1. The standard InChI is InChI=1S/C19H30N2O3/c1-4-18(24-17-7-5-16(23-3)6-8-17)19(22)20-12-9-15-10-13-21(2)14-11-15/h5-8,15,18H,4,9-14H2,1-3H3,(H,20,22)/t18-/m1/s1. The molecule has 1 aliphatic heterocycles. The monoisotopic (exact) mass is 334 g/mol. The molecule has 134 valence electrons. The quantitative estimate of drug-likeness (QED) is 0.794. The van der Waals surface area contributed by atoms with Gasteiger partial charge in [0.25, 0.3) is 5.91 Å². The Morgan fingerprint density at radius 2 is 1.88 bits per heavy atom. The predicted octanol–water partition coefficient (Wildman–Crippen LogP) is 2.70. The molecule has 0 aromatic heterocycles. The summed E-state index contributed by atoms with van der Waals surface area (Å²) in [5.41, 5.74) is 0. The van der Waals surface area contributed by atoms with Gasteiger partial charge >= 0.3 is 0 Å². The number of likely N-dealkylation sites (tertiary alicyclic amines) is 1. The third-order valence-corrected chi connectivity index (χ3v) is 4.69. The zero-order valence-corrected chi connectivity index (χ0v) is 15.1. The number of piperidine rings is 1. The minimum Gasteiger partial charge on any atom is -0.497 e. The number of amides is 1. The van der Waals surface area contributed by atoms with E-state index in [9.17, 15) is 4.79 Å². The van der Waals surface area contributed by atoms with E-state index in [1.54, 1.807) is 7.11 Å². The van der Waals surface area contributed by atoms with Gasteiger partial charge in [0.1, 0.15) is 11.5 Å². The van der Waals surface area contributed by atoms with Crippen molar-refractivity contribution in [3.63, 3.8) is 0 Å². The second-order valence-corrected chi connectivity index (χ2v) is 6.52. The van der Waals surface area contributed by atoms with Gasteiger partial charge in [-0.05, 0) is 76.0 Å². The molecule has 1 heterocycles. The van der Waals surface area contributed by atoms with E-state index in [0.717, 1.165) is 37.7 Å². The molecule has 0 spiro atoms. The minimum atomic E-state index is -0.448. The molecule has 1 fully saturated rings. The van der Waals surface area contributed by atoms with Gasteiger partial charge in [-0.15, -0.1) is 0 Å². The van der Waals surface area contributed by atoms with Crippen LogP contribution in [-0.2, 0) is 4.79 Å². The molecule has 1 N–H and O–H groups in total. The average Bonchev–Trinajstić information content (AvgIpc) is 2.61. The van der Waals surface area contributed by atoms with Crippen LogP contribution < -0.4 is 14.8 Å². The molecule has 2 rings (SSSR count). The predicted molar refractivity (Wildman–Crippen MR) is 95.5 cm³/mol. The van der Waals surface area contributed by atoms with E-state index in [2.05, 4.69) is 17.3 Å². The molecule has 5 nitrogen and oxygen atoms in total. The van der Waals surface area contributed by atoms with Crippen LogP contribution in [-0.4, -0.2) is 50.7 Å². The third kappa shape index (κ3) is 5.71. The van der Waals surface area contributed by atoms with Crippen molar-refractivity contribution in [3.05, 3.63) is 24.3 Å². The summed E-state index contributed by atoms with van der Waals surface area (Å²) in [6.07, 6.45) is 3.71. The smallest absolute Gasteiger partial charge is 0.261 e. The SMILES string of the molecule is CC[C@@H](Oc1ccc(OC)cc1)C(=O)NCCC1CCN(C)CC1. The highest BCUT2D eigenvalue weighted by Crippen LogP contribution is 2.20. The lowest BCUT2D eigenvalue weighted by Crippen LogP contribution is -2.39. The van der Waals surface area contributed by atoms with Crippen LogP contribution in [0.25, 0.3) is 0 Å². The molecule has 0 unspecified atom stereocenters. The van der Waals surface area contributed by atoms with Gasteiger partial charge in [-0.1, -0.05) is 6.92 Å². The summed E-state index contributed by atoms with van der Waals surface area (Å²) in [5, 5.41) is 3.03. The van der Waals surface area contributed by atoms with Crippen LogP contribution in [0.5, 0.6) is 11.5 Å². The molecule has 1 aliphatic rings.